The summed E-state index contributed by atoms with van der Waals surface area (Å²) in [5.41, 5.74) is 5.17. The number of aromatic nitrogens is 3. The third kappa shape index (κ3) is 1.95. The monoisotopic (exact) mass is 297 g/mol. The SMILES string of the molecule is Nc1c(F)cccc1S(=O)(=O)N1CCn2cnnc2C1. The van der Waals surface area contributed by atoms with Crippen LogP contribution in [0.4, 0.5) is 10.1 Å². The van der Waals surface area contributed by atoms with Gasteiger partial charge in [-0.1, -0.05) is 6.07 Å². The lowest BCUT2D eigenvalue weighted by Crippen LogP contribution is -2.38. The molecular formula is C11H12FN5O2S. The number of hydrogen-bond acceptors (Lipinski definition) is 5. The minimum Gasteiger partial charge on any atom is -0.395 e. The Morgan fingerprint density at radius 1 is 1.30 bits per heavy atom. The van der Waals surface area contributed by atoms with Crippen molar-refractivity contribution in [1.82, 2.24) is 19.1 Å². The van der Waals surface area contributed by atoms with Crippen molar-refractivity contribution in [2.75, 3.05) is 12.3 Å². The maximum absolute atomic E-state index is 13.4. The molecule has 1 aromatic heterocycles. The second-order valence-corrected chi connectivity index (χ2v) is 6.34. The van der Waals surface area contributed by atoms with Crippen LogP contribution in [0.15, 0.2) is 29.4 Å². The van der Waals surface area contributed by atoms with Gasteiger partial charge in [0.1, 0.15) is 22.9 Å². The molecule has 0 unspecified atom stereocenters. The highest BCUT2D eigenvalue weighted by molar-refractivity contribution is 7.89. The largest absolute Gasteiger partial charge is 0.395 e. The molecule has 7 nitrogen and oxygen atoms in total. The van der Waals surface area contributed by atoms with E-state index in [9.17, 15) is 12.8 Å². The minimum absolute atomic E-state index is 0.0955. The molecule has 0 saturated carbocycles. The lowest BCUT2D eigenvalue weighted by Gasteiger charge is -2.26. The molecule has 106 valence electrons. The maximum Gasteiger partial charge on any atom is 0.245 e. The highest BCUT2D eigenvalue weighted by Crippen LogP contribution is 2.26. The number of fused-ring (bicyclic) bond motifs is 1. The zero-order chi connectivity index (χ0) is 14.3. The summed E-state index contributed by atoms with van der Waals surface area (Å²) in [4.78, 5) is -0.217. The minimum atomic E-state index is -3.85. The number of halogens is 1. The second kappa shape index (κ2) is 4.53. The molecule has 0 radical (unpaired) electrons. The van der Waals surface area contributed by atoms with Gasteiger partial charge in [-0.15, -0.1) is 10.2 Å². The molecule has 0 bridgehead atoms. The van der Waals surface area contributed by atoms with Crippen LogP contribution in [0.2, 0.25) is 0 Å². The van der Waals surface area contributed by atoms with Crippen LogP contribution in [-0.2, 0) is 23.1 Å². The average molecular weight is 297 g/mol. The van der Waals surface area contributed by atoms with Gasteiger partial charge in [0.25, 0.3) is 0 Å². The fourth-order valence-electron chi connectivity index (χ4n) is 2.13. The Morgan fingerprint density at radius 2 is 2.10 bits per heavy atom. The lowest BCUT2D eigenvalue weighted by atomic mass is 10.3. The number of anilines is 1. The highest BCUT2D eigenvalue weighted by atomic mass is 32.2. The van der Waals surface area contributed by atoms with Crippen molar-refractivity contribution in [2.45, 2.75) is 18.0 Å². The summed E-state index contributed by atoms with van der Waals surface area (Å²) in [6.07, 6.45) is 1.55. The highest BCUT2D eigenvalue weighted by Gasteiger charge is 2.31. The van der Waals surface area contributed by atoms with Crippen molar-refractivity contribution < 1.29 is 12.8 Å². The quantitative estimate of drug-likeness (QED) is 0.799. The van der Waals surface area contributed by atoms with E-state index in [-0.39, 0.29) is 23.7 Å². The molecule has 0 atom stereocenters. The predicted octanol–water partition coefficient (Wildman–Crippen LogP) is 0.204. The maximum atomic E-state index is 13.4. The number of sulfonamides is 1. The van der Waals surface area contributed by atoms with Gasteiger partial charge < -0.3 is 10.3 Å². The first-order chi connectivity index (χ1) is 9.50. The summed E-state index contributed by atoms with van der Waals surface area (Å²) in [5, 5.41) is 7.59. The number of nitrogen functional groups attached to an aromatic ring is 1. The van der Waals surface area contributed by atoms with Crippen molar-refractivity contribution in [3.05, 3.63) is 36.2 Å². The molecule has 3 rings (SSSR count). The zero-order valence-corrected chi connectivity index (χ0v) is 11.2. The molecule has 1 aromatic carbocycles. The summed E-state index contributed by atoms with van der Waals surface area (Å²) >= 11 is 0. The Bertz CT molecular complexity index is 758. The van der Waals surface area contributed by atoms with E-state index in [1.165, 1.54) is 16.4 Å². The summed E-state index contributed by atoms with van der Waals surface area (Å²) in [6, 6.07) is 3.75. The van der Waals surface area contributed by atoms with Gasteiger partial charge in [-0.05, 0) is 12.1 Å². The smallest absolute Gasteiger partial charge is 0.245 e. The summed E-state index contributed by atoms with van der Waals surface area (Å²) in [6.45, 7) is 0.818. The fraction of sp³-hybridized carbons (Fsp3) is 0.273. The lowest BCUT2D eigenvalue weighted by molar-refractivity contribution is 0.335. The van der Waals surface area contributed by atoms with E-state index in [0.717, 1.165) is 6.07 Å². The van der Waals surface area contributed by atoms with Gasteiger partial charge >= 0.3 is 0 Å². The number of para-hydroxylation sites is 1. The number of benzene rings is 1. The third-order valence-corrected chi connectivity index (χ3v) is 5.14. The van der Waals surface area contributed by atoms with E-state index in [1.54, 1.807) is 10.9 Å². The first-order valence-electron chi connectivity index (χ1n) is 5.91. The van der Waals surface area contributed by atoms with Crippen molar-refractivity contribution in [3.63, 3.8) is 0 Å². The van der Waals surface area contributed by atoms with E-state index in [0.29, 0.717) is 12.4 Å². The molecule has 1 aliphatic rings. The third-order valence-electron chi connectivity index (χ3n) is 3.23. The topological polar surface area (TPSA) is 94.1 Å². The average Bonchev–Trinajstić information content (AvgIpc) is 2.89. The first-order valence-corrected chi connectivity index (χ1v) is 7.35. The number of nitrogens with zero attached hydrogens (tertiary/aromatic N) is 4. The summed E-state index contributed by atoms with van der Waals surface area (Å²) in [5.74, 6) is -0.193. The summed E-state index contributed by atoms with van der Waals surface area (Å²) in [7, 11) is -3.85. The Morgan fingerprint density at radius 3 is 2.90 bits per heavy atom. The molecule has 0 fully saturated rings. The predicted molar refractivity (Wildman–Crippen MR) is 68.4 cm³/mol. The molecule has 0 saturated heterocycles. The van der Waals surface area contributed by atoms with Gasteiger partial charge in [0, 0.05) is 13.1 Å². The first kappa shape index (κ1) is 13.0. The van der Waals surface area contributed by atoms with Crippen LogP contribution in [0, 0.1) is 5.82 Å². The van der Waals surface area contributed by atoms with E-state index in [1.807, 2.05) is 0 Å². The van der Waals surface area contributed by atoms with Gasteiger partial charge in [-0.25, -0.2) is 12.8 Å². The molecular weight excluding hydrogens is 285 g/mol. The normalized spacial score (nSPS) is 16.1. The fourth-order valence-corrected chi connectivity index (χ4v) is 3.64. The molecule has 2 N–H and O–H groups in total. The molecule has 1 aliphatic heterocycles. The van der Waals surface area contributed by atoms with E-state index in [2.05, 4.69) is 10.2 Å². The summed E-state index contributed by atoms with van der Waals surface area (Å²) < 4.78 is 41.5. The van der Waals surface area contributed by atoms with Crippen LogP contribution in [0.5, 0.6) is 0 Å². The zero-order valence-electron chi connectivity index (χ0n) is 10.4. The van der Waals surface area contributed by atoms with E-state index >= 15 is 0 Å². The van der Waals surface area contributed by atoms with Crippen LogP contribution < -0.4 is 5.73 Å². The van der Waals surface area contributed by atoms with Crippen LogP contribution in [0.25, 0.3) is 0 Å². The van der Waals surface area contributed by atoms with Crippen LogP contribution in [0.1, 0.15) is 5.82 Å². The van der Waals surface area contributed by atoms with Gasteiger partial charge in [0.05, 0.1) is 12.2 Å². The van der Waals surface area contributed by atoms with Crippen LogP contribution in [-0.4, -0.2) is 34.0 Å². The van der Waals surface area contributed by atoms with Gasteiger partial charge in [0.15, 0.2) is 0 Å². The number of nitrogens with two attached hydrogens (primary N) is 1. The van der Waals surface area contributed by atoms with Crippen molar-refractivity contribution in [2.24, 2.45) is 0 Å². The molecule has 20 heavy (non-hydrogen) atoms. The second-order valence-electron chi connectivity index (χ2n) is 4.43. The van der Waals surface area contributed by atoms with Crippen molar-refractivity contribution >= 4 is 15.7 Å². The molecule has 0 spiro atoms. The Labute approximate surface area is 114 Å². The van der Waals surface area contributed by atoms with Crippen LogP contribution >= 0.6 is 0 Å². The van der Waals surface area contributed by atoms with Gasteiger partial charge in [-0.3, -0.25) is 0 Å². The molecule has 2 heterocycles. The van der Waals surface area contributed by atoms with E-state index in [4.69, 9.17) is 5.73 Å². The Kier molecular flexibility index (Phi) is 2.94. The van der Waals surface area contributed by atoms with E-state index < -0.39 is 15.8 Å². The Hall–Kier alpha value is -2.00. The van der Waals surface area contributed by atoms with Crippen molar-refractivity contribution in [3.8, 4) is 0 Å². The molecule has 0 amide bonds. The molecule has 2 aromatic rings. The standard InChI is InChI=1S/C11H12FN5O2S/c12-8-2-1-3-9(11(8)13)20(18,19)17-5-4-16-7-14-15-10(16)6-17/h1-3,7H,4-6,13H2. The van der Waals surface area contributed by atoms with Gasteiger partial charge in [-0.2, -0.15) is 4.31 Å². The molecule has 9 heteroatoms. The molecule has 0 aliphatic carbocycles. The number of hydrogen-bond donors (Lipinski definition) is 1. The number of rotatable bonds is 2. The Balaban J connectivity index is 1.99. The van der Waals surface area contributed by atoms with Gasteiger partial charge in [0.2, 0.25) is 10.0 Å². The van der Waals surface area contributed by atoms with Crippen molar-refractivity contribution in [1.29, 1.82) is 0 Å². The van der Waals surface area contributed by atoms with Crippen LogP contribution in [0.3, 0.4) is 0 Å².